The Bertz CT molecular complexity index is 1120. The van der Waals surface area contributed by atoms with Crippen molar-refractivity contribution >= 4 is 10.0 Å². The van der Waals surface area contributed by atoms with Gasteiger partial charge >= 0.3 is 0 Å². The highest BCUT2D eigenvalue weighted by atomic mass is 32.2. The van der Waals surface area contributed by atoms with Gasteiger partial charge in [-0.3, -0.25) is 0 Å². The van der Waals surface area contributed by atoms with Gasteiger partial charge in [-0.25, -0.2) is 13.4 Å². The van der Waals surface area contributed by atoms with Crippen molar-refractivity contribution in [1.29, 1.82) is 0 Å². The summed E-state index contributed by atoms with van der Waals surface area (Å²) in [6, 6.07) is 9.73. The molecule has 3 aromatic rings. The molecule has 1 saturated heterocycles. The van der Waals surface area contributed by atoms with E-state index in [0.29, 0.717) is 30.7 Å². The SMILES string of the molecule is Cc1nc(S(=O)(=O)N2CCC3(CC2)C[C@@H]3c2nnc(-c3ccccc3)o2)cn1C. The van der Waals surface area contributed by atoms with Crippen LogP contribution in [0.25, 0.3) is 11.5 Å². The number of aryl methyl sites for hydroxylation is 2. The van der Waals surface area contributed by atoms with E-state index in [0.717, 1.165) is 24.8 Å². The van der Waals surface area contributed by atoms with Gasteiger partial charge in [-0.05, 0) is 43.7 Å². The molecule has 0 N–H and O–H groups in total. The number of sulfonamides is 1. The zero-order valence-corrected chi connectivity index (χ0v) is 17.3. The van der Waals surface area contributed by atoms with E-state index in [-0.39, 0.29) is 16.4 Å². The standard InChI is InChI=1S/C20H23N5O3S/c1-14-21-17(13-24(14)2)29(26,27)25-10-8-20(9-11-25)12-16(20)19-23-22-18(28-19)15-6-4-3-5-7-15/h3-7,13,16H,8-12H2,1-2H3/t16-/m1/s1. The van der Waals surface area contributed by atoms with Gasteiger partial charge in [0, 0.05) is 37.8 Å². The summed E-state index contributed by atoms with van der Waals surface area (Å²) in [6.07, 6.45) is 4.15. The number of aromatic nitrogens is 4. The molecular weight excluding hydrogens is 390 g/mol. The molecule has 5 rings (SSSR count). The molecule has 3 heterocycles. The minimum atomic E-state index is -3.55. The average Bonchev–Trinajstić information content (AvgIpc) is 3.05. The summed E-state index contributed by atoms with van der Waals surface area (Å²) < 4.78 is 35.0. The van der Waals surface area contributed by atoms with E-state index in [1.165, 1.54) is 0 Å². The Morgan fingerprint density at radius 2 is 1.86 bits per heavy atom. The van der Waals surface area contributed by atoms with Gasteiger partial charge in [0.05, 0.1) is 0 Å². The quantitative estimate of drug-likeness (QED) is 0.653. The number of piperidine rings is 1. The molecule has 29 heavy (non-hydrogen) atoms. The van der Waals surface area contributed by atoms with Crippen molar-refractivity contribution in [1.82, 2.24) is 24.1 Å². The molecule has 1 spiro atoms. The monoisotopic (exact) mass is 413 g/mol. The normalized spacial score (nSPS) is 21.5. The summed E-state index contributed by atoms with van der Waals surface area (Å²) in [5.74, 6) is 2.10. The van der Waals surface area contributed by atoms with Crippen molar-refractivity contribution in [3.63, 3.8) is 0 Å². The van der Waals surface area contributed by atoms with Crippen LogP contribution in [0.3, 0.4) is 0 Å². The molecule has 152 valence electrons. The van der Waals surface area contributed by atoms with Crippen LogP contribution in [-0.4, -0.2) is 45.6 Å². The average molecular weight is 414 g/mol. The summed E-state index contributed by atoms with van der Waals surface area (Å²) in [7, 11) is -1.75. The second kappa shape index (κ2) is 6.50. The summed E-state index contributed by atoms with van der Waals surface area (Å²) in [5.41, 5.74) is 0.986. The molecule has 1 atom stereocenters. The molecule has 2 aliphatic rings. The highest BCUT2D eigenvalue weighted by Crippen LogP contribution is 2.64. The van der Waals surface area contributed by atoms with Crippen molar-refractivity contribution in [2.45, 2.75) is 37.1 Å². The highest BCUT2D eigenvalue weighted by Gasteiger charge is 2.59. The second-order valence-electron chi connectivity index (χ2n) is 8.07. The maximum absolute atomic E-state index is 12.9. The van der Waals surface area contributed by atoms with Crippen LogP contribution in [0, 0.1) is 12.3 Å². The molecule has 1 saturated carbocycles. The van der Waals surface area contributed by atoms with Gasteiger partial charge < -0.3 is 8.98 Å². The van der Waals surface area contributed by atoms with Crippen molar-refractivity contribution < 1.29 is 12.8 Å². The topological polar surface area (TPSA) is 94.1 Å². The lowest BCUT2D eigenvalue weighted by atomic mass is 9.92. The van der Waals surface area contributed by atoms with Crippen LogP contribution in [0.5, 0.6) is 0 Å². The van der Waals surface area contributed by atoms with Gasteiger partial charge in [-0.1, -0.05) is 18.2 Å². The smallest absolute Gasteiger partial charge is 0.262 e. The zero-order valence-electron chi connectivity index (χ0n) is 16.4. The lowest BCUT2D eigenvalue weighted by molar-refractivity contribution is 0.245. The molecule has 1 aliphatic carbocycles. The van der Waals surface area contributed by atoms with Crippen LogP contribution in [-0.2, 0) is 17.1 Å². The summed E-state index contributed by atoms with van der Waals surface area (Å²) in [6.45, 7) is 2.79. The molecule has 0 unspecified atom stereocenters. The minimum absolute atomic E-state index is 0.0759. The van der Waals surface area contributed by atoms with Crippen LogP contribution in [0.4, 0.5) is 0 Å². The first kappa shape index (κ1) is 18.5. The fraction of sp³-hybridized carbons (Fsp3) is 0.450. The van der Waals surface area contributed by atoms with E-state index in [1.54, 1.807) is 29.0 Å². The van der Waals surface area contributed by atoms with Gasteiger partial charge in [0.25, 0.3) is 10.0 Å². The van der Waals surface area contributed by atoms with E-state index in [1.807, 2.05) is 30.3 Å². The summed E-state index contributed by atoms with van der Waals surface area (Å²) in [4.78, 5) is 4.20. The van der Waals surface area contributed by atoms with Crippen LogP contribution < -0.4 is 0 Å². The summed E-state index contributed by atoms with van der Waals surface area (Å²) in [5, 5.41) is 8.60. The molecule has 1 aliphatic heterocycles. The fourth-order valence-corrected chi connectivity index (χ4v) is 5.74. The lowest BCUT2D eigenvalue weighted by Crippen LogP contribution is -2.39. The maximum Gasteiger partial charge on any atom is 0.262 e. The third-order valence-corrected chi connectivity index (χ3v) is 8.13. The molecule has 2 fully saturated rings. The van der Waals surface area contributed by atoms with Crippen LogP contribution in [0.2, 0.25) is 0 Å². The Hall–Kier alpha value is -2.52. The van der Waals surface area contributed by atoms with E-state index < -0.39 is 10.0 Å². The number of benzene rings is 1. The minimum Gasteiger partial charge on any atom is -0.420 e. The second-order valence-corrected chi connectivity index (χ2v) is 9.96. The van der Waals surface area contributed by atoms with Crippen molar-refractivity contribution in [3.8, 4) is 11.5 Å². The summed E-state index contributed by atoms with van der Waals surface area (Å²) >= 11 is 0. The molecule has 0 radical (unpaired) electrons. The predicted molar refractivity (Wildman–Crippen MR) is 105 cm³/mol. The number of imidazole rings is 1. The number of nitrogens with zero attached hydrogens (tertiary/aromatic N) is 5. The van der Waals surface area contributed by atoms with Gasteiger partial charge in [0.1, 0.15) is 5.82 Å². The van der Waals surface area contributed by atoms with Gasteiger partial charge in [0.2, 0.25) is 11.8 Å². The Labute approximate surface area is 169 Å². The molecule has 0 amide bonds. The van der Waals surface area contributed by atoms with Crippen molar-refractivity contribution in [2.75, 3.05) is 13.1 Å². The van der Waals surface area contributed by atoms with Crippen molar-refractivity contribution in [3.05, 3.63) is 48.2 Å². The van der Waals surface area contributed by atoms with Crippen LogP contribution in [0.15, 0.2) is 46.0 Å². The molecule has 0 bridgehead atoms. The van der Waals surface area contributed by atoms with Crippen molar-refractivity contribution in [2.24, 2.45) is 12.5 Å². The lowest BCUT2D eigenvalue weighted by Gasteiger charge is -2.31. The van der Waals surface area contributed by atoms with Gasteiger partial charge in [-0.2, -0.15) is 4.31 Å². The molecular formula is C20H23N5O3S. The van der Waals surface area contributed by atoms with Gasteiger partial charge in [-0.15, -0.1) is 10.2 Å². The Morgan fingerprint density at radius 1 is 1.14 bits per heavy atom. The van der Waals surface area contributed by atoms with E-state index in [9.17, 15) is 8.42 Å². The first-order valence-corrected chi connectivity index (χ1v) is 11.2. The first-order chi connectivity index (χ1) is 13.9. The Kier molecular flexibility index (Phi) is 4.15. The molecule has 1 aromatic carbocycles. The number of hydrogen-bond donors (Lipinski definition) is 0. The third-order valence-electron chi connectivity index (χ3n) is 6.36. The van der Waals surface area contributed by atoms with Crippen LogP contribution >= 0.6 is 0 Å². The largest absolute Gasteiger partial charge is 0.420 e. The number of rotatable bonds is 4. The van der Waals surface area contributed by atoms with E-state index >= 15 is 0 Å². The molecule has 9 heteroatoms. The highest BCUT2D eigenvalue weighted by molar-refractivity contribution is 7.89. The molecule has 2 aromatic heterocycles. The first-order valence-electron chi connectivity index (χ1n) is 9.78. The maximum atomic E-state index is 12.9. The van der Waals surface area contributed by atoms with Gasteiger partial charge in [0.15, 0.2) is 5.03 Å². The Morgan fingerprint density at radius 3 is 2.52 bits per heavy atom. The van der Waals surface area contributed by atoms with E-state index in [2.05, 4.69) is 15.2 Å². The number of hydrogen-bond acceptors (Lipinski definition) is 6. The van der Waals surface area contributed by atoms with E-state index in [4.69, 9.17) is 4.42 Å². The Balaban J connectivity index is 1.28. The zero-order chi connectivity index (χ0) is 20.2. The third kappa shape index (κ3) is 3.08. The predicted octanol–water partition coefficient (Wildman–Crippen LogP) is 2.74. The van der Waals surface area contributed by atoms with Crippen LogP contribution in [0.1, 0.15) is 36.9 Å². The molecule has 8 nitrogen and oxygen atoms in total. The fourth-order valence-electron chi connectivity index (χ4n) is 4.28.